The van der Waals surface area contributed by atoms with E-state index >= 15 is 0 Å². The molecule has 1 amide bonds. The number of carbonyl (C=O) groups excluding carboxylic acids is 1. The number of sulfone groups is 1. The number of thiophene rings is 1. The summed E-state index contributed by atoms with van der Waals surface area (Å²) in [5, 5.41) is 11.2. The summed E-state index contributed by atoms with van der Waals surface area (Å²) in [4.78, 5) is 17.7. The Hall–Kier alpha value is -0.960. The molecule has 2 saturated heterocycles. The van der Waals surface area contributed by atoms with Crippen molar-refractivity contribution in [3.8, 4) is 0 Å². The number of rotatable bonds is 6. The van der Waals surface area contributed by atoms with Crippen molar-refractivity contribution in [2.24, 2.45) is 0 Å². The van der Waals surface area contributed by atoms with Gasteiger partial charge in [0.2, 0.25) is 5.91 Å². The Kier molecular flexibility index (Phi) is 5.59. The minimum Gasteiger partial charge on any atom is -0.395 e. The first kappa shape index (κ1) is 17.8. The van der Waals surface area contributed by atoms with Crippen LogP contribution in [0.25, 0.3) is 0 Å². The molecule has 2 fully saturated rings. The van der Waals surface area contributed by atoms with E-state index in [2.05, 4.69) is 6.07 Å². The summed E-state index contributed by atoms with van der Waals surface area (Å²) < 4.78 is 24.1. The van der Waals surface area contributed by atoms with Crippen molar-refractivity contribution in [1.29, 1.82) is 0 Å². The Bertz CT molecular complexity index is 660. The molecule has 3 rings (SSSR count). The SMILES string of the molecule is O=C(CCCc1cccs1)N1CCN(CCO)[C@@H]2CS(=O)(=O)C[C@@H]21. The summed E-state index contributed by atoms with van der Waals surface area (Å²) in [6.07, 6.45) is 2.14. The molecule has 0 aliphatic carbocycles. The predicted octanol–water partition coefficient (Wildman–Crippen LogP) is 0.373. The molecule has 0 unspecified atom stereocenters. The zero-order valence-corrected chi connectivity index (χ0v) is 15.3. The van der Waals surface area contributed by atoms with Crippen LogP contribution in [0.3, 0.4) is 0 Å². The average Bonchev–Trinajstić information content (AvgIpc) is 3.14. The van der Waals surface area contributed by atoms with E-state index in [4.69, 9.17) is 0 Å². The summed E-state index contributed by atoms with van der Waals surface area (Å²) in [6, 6.07) is 3.65. The van der Waals surface area contributed by atoms with Gasteiger partial charge in [-0.1, -0.05) is 6.07 Å². The van der Waals surface area contributed by atoms with E-state index in [1.165, 1.54) is 4.88 Å². The smallest absolute Gasteiger partial charge is 0.222 e. The van der Waals surface area contributed by atoms with E-state index in [1.807, 2.05) is 16.3 Å². The number of aliphatic hydroxyl groups is 1. The molecule has 8 heteroatoms. The molecule has 6 nitrogen and oxygen atoms in total. The quantitative estimate of drug-likeness (QED) is 0.781. The van der Waals surface area contributed by atoms with E-state index in [0.717, 1.165) is 12.8 Å². The van der Waals surface area contributed by atoms with E-state index < -0.39 is 9.84 Å². The monoisotopic (exact) mass is 372 g/mol. The van der Waals surface area contributed by atoms with Gasteiger partial charge in [-0.2, -0.15) is 0 Å². The number of β-amino-alcohol motifs (C(OH)–C–C–N with tert-alkyl or cyclic N) is 1. The molecule has 0 spiro atoms. The lowest BCUT2D eigenvalue weighted by Crippen LogP contribution is -2.61. The molecular formula is C16H24N2O4S2. The molecule has 0 aromatic carbocycles. The standard InChI is InChI=1S/C16H24N2O4S2/c19-9-8-17-6-7-18(15-12-24(21,22)11-14(15)17)16(20)5-1-3-13-4-2-10-23-13/h2,4,10,14-15,19H,1,3,5-9,11-12H2/t14-,15+/m1/s1. The first-order chi connectivity index (χ1) is 11.5. The van der Waals surface area contributed by atoms with Gasteiger partial charge >= 0.3 is 0 Å². The van der Waals surface area contributed by atoms with Gasteiger partial charge in [0.1, 0.15) is 0 Å². The molecule has 3 heterocycles. The normalized spacial score (nSPS) is 26.5. The minimum absolute atomic E-state index is 0.0119. The highest BCUT2D eigenvalue weighted by atomic mass is 32.2. The first-order valence-electron chi connectivity index (χ1n) is 8.37. The van der Waals surface area contributed by atoms with E-state index in [9.17, 15) is 18.3 Å². The van der Waals surface area contributed by atoms with Gasteiger partial charge in [0.25, 0.3) is 0 Å². The highest BCUT2D eigenvalue weighted by Crippen LogP contribution is 2.27. The average molecular weight is 373 g/mol. The second-order valence-corrected chi connectivity index (χ2v) is 9.68. The fraction of sp³-hybridized carbons (Fsp3) is 0.688. The van der Waals surface area contributed by atoms with E-state index in [-0.39, 0.29) is 36.1 Å². The largest absolute Gasteiger partial charge is 0.395 e. The summed E-state index contributed by atoms with van der Waals surface area (Å²) in [7, 11) is -3.12. The number of aryl methyl sites for hydroxylation is 1. The summed E-state index contributed by atoms with van der Waals surface area (Å²) in [5.41, 5.74) is 0. The Morgan fingerprint density at radius 1 is 1.29 bits per heavy atom. The second kappa shape index (κ2) is 7.51. The zero-order chi connectivity index (χ0) is 17.2. The number of fused-ring (bicyclic) bond motifs is 1. The van der Waals surface area contributed by atoms with Crippen LogP contribution in [0.5, 0.6) is 0 Å². The lowest BCUT2D eigenvalue weighted by molar-refractivity contribution is -0.137. The number of hydrogen-bond acceptors (Lipinski definition) is 6. The third kappa shape index (κ3) is 3.99. The van der Waals surface area contributed by atoms with Crippen LogP contribution in [-0.4, -0.2) is 79.1 Å². The fourth-order valence-electron chi connectivity index (χ4n) is 3.75. The van der Waals surface area contributed by atoms with Crippen LogP contribution >= 0.6 is 11.3 Å². The molecular weight excluding hydrogens is 348 g/mol. The van der Waals surface area contributed by atoms with Crippen molar-refractivity contribution >= 4 is 27.1 Å². The van der Waals surface area contributed by atoms with Crippen molar-refractivity contribution in [2.75, 3.05) is 37.7 Å². The Morgan fingerprint density at radius 2 is 2.08 bits per heavy atom. The van der Waals surface area contributed by atoms with Gasteiger partial charge < -0.3 is 10.0 Å². The number of hydrogen-bond donors (Lipinski definition) is 1. The van der Waals surface area contributed by atoms with Crippen molar-refractivity contribution in [3.63, 3.8) is 0 Å². The Balaban J connectivity index is 1.61. The molecule has 0 radical (unpaired) electrons. The minimum atomic E-state index is -3.12. The second-order valence-electron chi connectivity index (χ2n) is 6.49. The maximum atomic E-state index is 12.6. The third-order valence-corrected chi connectivity index (χ3v) is 7.53. The molecule has 24 heavy (non-hydrogen) atoms. The van der Waals surface area contributed by atoms with Crippen LogP contribution < -0.4 is 0 Å². The molecule has 2 aliphatic heterocycles. The van der Waals surface area contributed by atoms with Gasteiger partial charge in [-0.3, -0.25) is 9.69 Å². The van der Waals surface area contributed by atoms with Gasteiger partial charge in [-0.25, -0.2) is 8.42 Å². The Labute approximate surface area is 147 Å². The van der Waals surface area contributed by atoms with E-state index in [0.29, 0.717) is 26.1 Å². The first-order valence-corrected chi connectivity index (χ1v) is 11.1. The van der Waals surface area contributed by atoms with Crippen molar-refractivity contribution in [1.82, 2.24) is 9.80 Å². The van der Waals surface area contributed by atoms with Gasteiger partial charge in [0, 0.05) is 37.0 Å². The molecule has 1 N–H and O–H groups in total. The third-order valence-electron chi connectivity index (χ3n) is 4.89. The number of aliphatic hydroxyl groups excluding tert-OH is 1. The van der Waals surface area contributed by atoms with Crippen LogP contribution in [0.4, 0.5) is 0 Å². The number of nitrogens with zero attached hydrogens (tertiary/aromatic N) is 2. The fourth-order valence-corrected chi connectivity index (χ4v) is 6.52. The molecule has 1 aromatic rings. The molecule has 0 saturated carbocycles. The van der Waals surface area contributed by atoms with Crippen molar-refractivity contribution in [3.05, 3.63) is 22.4 Å². The van der Waals surface area contributed by atoms with E-state index in [1.54, 1.807) is 16.2 Å². The van der Waals surface area contributed by atoms with Gasteiger partial charge in [-0.15, -0.1) is 11.3 Å². The summed E-state index contributed by atoms with van der Waals surface area (Å²) in [6.45, 7) is 1.66. The highest BCUT2D eigenvalue weighted by Gasteiger charge is 2.47. The van der Waals surface area contributed by atoms with Crippen molar-refractivity contribution < 1.29 is 18.3 Å². The molecule has 0 bridgehead atoms. The van der Waals surface area contributed by atoms with Gasteiger partial charge in [0.15, 0.2) is 9.84 Å². The lowest BCUT2D eigenvalue weighted by Gasteiger charge is -2.43. The zero-order valence-electron chi connectivity index (χ0n) is 13.6. The summed E-state index contributed by atoms with van der Waals surface area (Å²) >= 11 is 1.70. The van der Waals surface area contributed by atoms with Crippen molar-refractivity contribution in [2.45, 2.75) is 31.3 Å². The number of carbonyl (C=O) groups is 1. The Morgan fingerprint density at radius 3 is 2.79 bits per heavy atom. The number of amides is 1. The van der Waals surface area contributed by atoms with Crippen LogP contribution in [0.1, 0.15) is 17.7 Å². The predicted molar refractivity (Wildman–Crippen MR) is 93.9 cm³/mol. The van der Waals surface area contributed by atoms with Crippen LogP contribution in [-0.2, 0) is 21.1 Å². The maximum absolute atomic E-state index is 12.6. The van der Waals surface area contributed by atoms with Crippen LogP contribution in [0.15, 0.2) is 17.5 Å². The topological polar surface area (TPSA) is 77.9 Å². The van der Waals surface area contributed by atoms with Gasteiger partial charge in [0.05, 0.1) is 24.2 Å². The molecule has 134 valence electrons. The van der Waals surface area contributed by atoms with Crippen LogP contribution in [0, 0.1) is 0 Å². The molecule has 1 aromatic heterocycles. The van der Waals surface area contributed by atoms with Crippen LogP contribution in [0.2, 0.25) is 0 Å². The summed E-state index contributed by atoms with van der Waals surface area (Å²) in [5.74, 6) is 0.203. The number of piperazine rings is 1. The maximum Gasteiger partial charge on any atom is 0.222 e. The molecule has 2 atom stereocenters. The lowest BCUT2D eigenvalue weighted by atomic mass is 10.0. The highest BCUT2D eigenvalue weighted by molar-refractivity contribution is 7.91. The van der Waals surface area contributed by atoms with Gasteiger partial charge in [-0.05, 0) is 24.3 Å². The molecule has 2 aliphatic rings.